The maximum Gasteiger partial charge on any atom is 0.167 e. The van der Waals surface area contributed by atoms with E-state index in [0.717, 1.165) is 12.1 Å². The van der Waals surface area contributed by atoms with Gasteiger partial charge < -0.3 is 4.43 Å². The van der Waals surface area contributed by atoms with Crippen LogP contribution in [0.15, 0.2) is 24.8 Å². The summed E-state index contributed by atoms with van der Waals surface area (Å²) in [6.45, 7) is 3.45. The second kappa shape index (κ2) is 5.13. The van der Waals surface area contributed by atoms with Crippen LogP contribution >= 0.6 is 0 Å². The molecule has 1 atom stereocenters. The predicted molar refractivity (Wildman–Crippen MR) is 54.9 cm³/mol. The third kappa shape index (κ3) is 2.48. The van der Waals surface area contributed by atoms with E-state index < -0.39 is 23.6 Å². The summed E-state index contributed by atoms with van der Waals surface area (Å²) in [5, 5.41) is 0. The second-order valence-corrected chi connectivity index (χ2v) is 3.48. The average Bonchev–Trinajstić information content (AvgIpc) is 2.22. The average molecular weight is 232 g/mol. The van der Waals surface area contributed by atoms with Crippen molar-refractivity contribution in [3.63, 3.8) is 0 Å². The van der Waals surface area contributed by atoms with Gasteiger partial charge in [-0.1, -0.05) is 6.08 Å². The van der Waals surface area contributed by atoms with E-state index in [4.69, 9.17) is 4.43 Å². The first-order chi connectivity index (χ1) is 7.11. The molecule has 0 aliphatic rings. The minimum absolute atomic E-state index is 0.251. The monoisotopic (exact) mass is 232 g/mol. The Labute approximate surface area is 89.1 Å². The molecule has 0 spiro atoms. The molecular formula is C10H11F3OSi. The Morgan fingerprint density at radius 3 is 2.47 bits per heavy atom. The second-order valence-electron chi connectivity index (χ2n) is 3.01. The summed E-state index contributed by atoms with van der Waals surface area (Å²) in [7, 11) is 0.311. The molecule has 82 valence electrons. The van der Waals surface area contributed by atoms with E-state index in [1.165, 1.54) is 6.08 Å². The smallest absolute Gasteiger partial charge is 0.167 e. The molecule has 0 aromatic heterocycles. The standard InChI is InChI=1S/C10H11F3OSi/c1-2-3-8(14-15)9-6(11)4-5-7(12)10(9)13/h2,4-5,8H,1,3H2,15H3. The summed E-state index contributed by atoms with van der Waals surface area (Å²) in [5.74, 6) is -3.05. The van der Waals surface area contributed by atoms with Crippen LogP contribution in [-0.2, 0) is 4.43 Å². The van der Waals surface area contributed by atoms with E-state index in [2.05, 4.69) is 6.58 Å². The quantitative estimate of drug-likeness (QED) is 0.438. The van der Waals surface area contributed by atoms with Gasteiger partial charge in [-0.05, 0) is 18.6 Å². The molecule has 1 unspecified atom stereocenters. The van der Waals surface area contributed by atoms with Gasteiger partial charge in [-0.2, -0.15) is 0 Å². The lowest BCUT2D eigenvalue weighted by Crippen LogP contribution is -2.08. The van der Waals surface area contributed by atoms with Crippen molar-refractivity contribution < 1.29 is 17.6 Å². The van der Waals surface area contributed by atoms with Crippen LogP contribution < -0.4 is 0 Å². The van der Waals surface area contributed by atoms with Gasteiger partial charge in [-0.15, -0.1) is 6.58 Å². The molecule has 1 nitrogen and oxygen atoms in total. The topological polar surface area (TPSA) is 9.23 Å². The summed E-state index contributed by atoms with van der Waals surface area (Å²) in [6.07, 6.45) is 0.942. The first-order valence-electron chi connectivity index (χ1n) is 4.39. The molecule has 0 saturated carbocycles. The lowest BCUT2D eigenvalue weighted by Gasteiger charge is -2.16. The van der Waals surface area contributed by atoms with Crippen LogP contribution in [0, 0.1) is 17.5 Å². The van der Waals surface area contributed by atoms with Crippen LogP contribution in [0.25, 0.3) is 0 Å². The zero-order valence-electron chi connectivity index (χ0n) is 8.27. The number of hydrogen-bond acceptors (Lipinski definition) is 1. The fourth-order valence-corrected chi connectivity index (χ4v) is 1.75. The van der Waals surface area contributed by atoms with E-state index in [1.807, 2.05) is 0 Å². The first kappa shape index (κ1) is 12.0. The minimum Gasteiger partial charge on any atom is -0.421 e. The van der Waals surface area contributed by atoms with Crippen molar-refractivity contribution in [2.45, 2.75) is 12.5 Å². The molecule has 1 rings (SSSR count). The van der Waals surface area contributed by atoms with Crippen LogP contribution in [0.3, 0.4) is 0 Å². The number of benzene rings is 1. The van der Waals surface area contributed by atoms with Gasteiger partial charge in [-0.3, -0.25) is 0 Å². The Morgan fingerprint density at radius 1 is 1.33 bits per heavy atom. The maximum atomic E-state index is 13.3. The molecule has 5 heteroatoms. The van der Waals surface area contributed by atoms with Gasteiger partial charge in [0.15, 0.2) is 11.6 Å². The third-order valence-electron chi connectivity index (χ3n) is 2.07. The van der Waals surface area contributed by atoms with Crippen LogP contribution in [-0.4, -0.2) is 10.5 Å². The normalized spacial score (nSPS) is 12.7. The highest BCUT2D eigenvalue weighted by atomic mass is 28.2. The van der Waals surface area contributed by atoms with Crippen molar-refractivity contribution in [3.05, 3.63) is 47.8 Å². The van der Waals surface area contributed by atoms with E-state index in [1.54, 1.807) is 0 Å². The van der Waals surface area contributed by atoms with Crippen molar-refractivity contribution in [2.24, 2.45) is 0 Å². The van der Waals surface area contributed by atoms with Crippen LogP contribution in [0.2, 0.25) is 0 Å². The van der Waals surface area contributed by atoms with Crippen molar-refractivity contribution in [1.82, 2.24) is 0 Å². The Bertz CT molecular complexity index is 368. The molecule has 0 radical (unpaired) electrons. The van der Waals surface area contributed by atoms with E-state index >= 15 is 0 Å². The molecule has 0 bridgehead atoms. The van der Waals surface area contributed by atoms with Crippen molar-refractivity contribution in [3.8, 4) is 0 Å². The molecule has 0 amide bonds. The molecular weight excluding hydrogens is 221 g/mol. The summed E-state index contributed by atoms with van der Waals surface area (Å²) >= 11 is 0. The fourth-order valence-electron chi connectivity index (χ4n) is 1.32. The highest BCUT2D eigenvalue weighted by Crippen LogP contribution is 2.27. The molecule has 15 heavy (non-hydrogen) atoms. The number of hydrogen-bond donors (Lipinski definition) is 0. The number of rotatable bonds is 4. The van der Waals surface area contributed by atoms with Gasteiger partial charge in [0.25, 0.3) is 0 Å². The molecule has 0 N–H and O–H groups in total. The van der Waals surface area contributed by atoms with Gasteiger partial charge >= 0.3 is 0 Å². The largest absolute Gasteiger partial charge is 0.421 e. The van der Waals surface area contributed by atoms with Crippen molar-refractivity contribution in [1.29, 1.82) is 0 Å². The zero-order valence-corrected chi connectivity index (χ0v) is 10.3. The van der Waals surface area contributed by atoms with E-state index in [-0.39, 0.29) is 12.0 Å². The van der Waals surface area contributed by atoms with Crippen molar-refractivity contribution >= 4 is 10.5 Å². The van der Waals surface area contributed by atoms with E-state index in [9.17, 15) is 13.2 Å². The highest BCUT2D eigenvalue weighted by molar-refractivity contribution is 5.98. The molecule has 0 aliphatic carbocycles. The maximum absolute atomic E-state index is 13.3. The van der Waals surface area contributed by atoms with Gasteiger partial charge in [0.05, 0.1) is 11.7 Å². The van der Waals surface area contributed by atoms with Gasteiger partial charge in [0.1, 0.15) is 16.3 Å². The third-order valence-corrected chi connectivity index (χ3v) is 2.64. The molecule has 1 aromatic carbocycles. The predicted octanol–water partition coefficient (Wildman–Crippen LogP) is 2.02. The van der Waals surface area contributed by atoms with Gasteiger partial charge in [0, 0.05) is 0 Å². The molecule has 1 aromatic rings. The van der Waals surface area contributed by atoms with Crippen LogP contribution in [0.4, 0.5) is 13.2 Å². The number of halogens is 3. The van der Waals surface area contributed by atoms with Gasteiger partial charge in [-0.25, -0.2) is 13.2 Å². The molecule has 0 aliphatic heterocycles. The Kier molecular flexibility index (Phi) is 4.11. The van der Waals surface area contributed by atoms with Crippen molar-refractivity contribution in [2.75, 3.05) is 0 Å². The summed E-state index contributed by atoms with van der Waals surface area (Å²) in [5.41, 5.74) is -0.357. The SMILES string of the molecule is C=CCC(O[SiH3])c1c(F)ccc(F)c1F. The Hall–Kier alpha value is -1.07. The Balaban J connectivity index is 3.20. The van der Waals surface area contributed by atoms with Crippen LogP contribution in [0.1, 0.15) is 18.1 Å². The Morgan fingerprint density at radius 2 is 1.93 bits per heavy atom. The highest BCUT2D eigenvalue weighted by Gasteiger charge is 2.21. The lowest BCUT2D eigenvalue weighted by atomic mass is 10.1. The molecule has 0 heterocycles. The lowest BCUT2D eigenvalue weighted by molar-refractivity contribution is 0.216. The first-order valence-corrected chi connectivity index (χ1v) is 5.20. The summed E-state index contributed by atoms with van der Waals surface area (Å²) in [4.78, 5) is 0. The summed E-state index contributed by atoms with van der Waals surface area (Å²) in [6, 6.07) is 1.65. The molecule has 0 fully saturated rings. The summed E-state index contributed by atoms with van der Waals surface area (Å²) < 4.78 is 44.5. The fraction of sp³-hybridized carbons (Fsp3) is 0.200. The van der Waals surface area contributed by atoms with E-state index in [0.29, 0.717) is 10.5 Å². The minimum atomic E-state index is -1.18. The molecule has 0 saturated heterocycles. The zero-order chi connectivity index (χ0) is 11.4. The van der Waals surface area contributed by atoms with Crippen LogP contribution in [0.5, 0.6) is 0 Å². The van der Waals surface area contributed by atoms with Gasteiger partial charge in [0.2, 0.25) is 0 Å².